The first-order valence-electron chi connectivity index (χ1n) is 6.26. The first kappa shape index (κ1) is 13.2. The maximum atomic E-state index is 11.2. The Bertz CT molecular complexity index is 471. The molecule has 1 aromatic rings. The van der Waals surface area contributed by atoms with Gasteiger partial charge in [-0.1, -0.05) is 31.9 Å². The van der Waals surface area contributed by atoms with E-state index in [1.807, 2.05) is 6.07 Å². The van der Waals surface area contributed by atoms with Crippen molar-refractivity contribution in [2.45, 2.75) is 39.2 Å². The molecule has 3 N–H and O–H groups in total. The van der Waals surface area contributed by atoms with Gasteiger partial charge in [0.05, 0.1) is 10.6 Å². The number of primary amides is 1. The number of amides is 1. The maximum Gasteiger partial charge on any atom is 0.250 e. The molecule has 98 valence electrons. The third-order valence-corrected chi connectivity index (χ3v) is 4.16. The van der Waals surface area contributed by atoms with E-state index in [2.05, 4.69) is 19.2 Å². The number of benzene rings is 1. The van der Waals surface area contributed by atoms with Gasteiger partial charge >= 0.3 is 0 Å². The van der Waals surface area contributed by atoms with Crippen LogP contribution in [-0.4, -0.2) is 11.9 Å². The average molecular weight is 267 g/mol. The van der Waals surface area contributed by atoms with Crippen LogP contribution in [0, 0.1) is 5.41 Å². The summed E-state index contributed by atoms with van der Waals surface area (Å²) in [6, 6.07) is 5.77. The minimum absolute atomic E-state index is 0.284. The van der Waals surface area contributed by atoms with Gasteiger partial charge in [0.2, 0.25) is 5.91 Å². The Morgan fingerprint density at radius 1 is 1.50 bits per heavy atom. The van der Waals surface area contributed by atoms with E-state index >= 15 is 0 Å². The van der Waals surface area contributed by atoms with Gasteiger partial charge in [0.1, 0.15) is 0 Å². The van der Waals surface area contributed by atoms with Crippen molar-refractivity contribution in [1.29, 1.82) is 0 Å². The van der Waals surface area contributed by atoms with Crippen molar-refractivity contribution in [2.75, 3.05) is 5.32 Å². The molecule has 1 fully saturated rings. The highest BCUT2D eigenvalue weighted by Crippen LogP contribution is 2.39. The van der Waals surface area contributed by atoms with E-state index in [9.17, 15) is 4.79 Å². The van der Waals surface area contributed by atoms with Crippen molar-refractivity contribution < 1.29 is 4.79 Å². The second-order valence-electron chi connectivity index (χ2n) is 5.64. The first-order valence-corrected chi connectivity index (χ1v) is 6.64. The Labute approximate surface area is 113 Å². The second-order valence-corrected chi connectivity index (χ2v) is 6.04. The molecule has 0 aliphatic heterocycles. The van der Waals surface area contributed by atoms with Crippen LogP contribution in [0.4, 0.5) is 5.69 Å². The third-order valence-electron chi connectivity index (χ3n) is 3.83. The van der Waals surface area contributed by atoms with Gasteiger partial charge in [-0.25, -0.2) is 0 Å². The molecule has 2 rings (SSSR count). The Kier molecular flexibility index (Phi) is 3.53. The summed E-state index contributed by atoms with van der Waals surface area (Å²) in [6.45, 7) is 4.53. The minimum atomic E-state index is -0.491. The van der Waals surface area contributed by atoms with E-state index in [4.69, 9.17) is 17.3 Å². The van der Waals surface area contributed by atoms with Gasteiger partial charge in [0, 0.05) is 11.7 Å². The number of carbonyl (C=O) groups excluding carboxylic acids is 1. The molecule has 0 radical (unpaired) electrons. The lowest BCUT2D eigenvalue weighted by atomic mass is 9.87. The number of hydrogen-bond acceptors (Lipinski definition) is 2. The number of nitrogens with two attached hydrogens (primary N) is 1. The zero-order valence-corrected chi connectivity index (χ0v) is 11.6. The summed E-state index contributed by atoms with van der Waals surface area (Å²) in [5.41, 5.74) is 6.86. The molecule has 1 aromatic carbocycles. The molecular weight excluding hydrogens is 248 g/mol. The van der Waals surface area contributed by atoms with Gasteiger partial charge in [-0.3, -0.25) is 4.79 Å². The van der Waals surface area contributed by atoms with Crippen LogP contribution < -0.4 is 11.1 Å². The quantitative estimate of drug-likeness (QED) is 0.881. The van der Waals surface area contributed by atoms with Crippen LogP contribution in [-0.2, 0) is 0 Å². The normalized spacial score (nSPS) is 21.8. The second kappa shape index (κ2) is 4.81. The molecule has 3 nitrogen and oxygen atoms in total. The number of hydrogen-bond donors (Lipinski definition) is 2. The summed E-state index contributed by atoms with van der Waals surface area (Å²) in [5, 5.41) is 3.89. The molecule has 0 aromatic heterocycles. The summed E-state index contributed by atoms with van der Waals surface area (Å²) in [5.74, 6) is -0.491. The Balaban J connectivity index is 2.20. The van der Waals surface area contributed by atoms with Crippen LogP contribution in [0.2, 0.25) is 5.02 Å². The predicted octanol–water partition coefficient (Wildman–Crippen LogP) is 3.43. The van der Waals surface area contributed by atoms with Crippen LogP contribution in [0.15, 0.2) is 18.2 Å². The molecule has 1 saturated carbocycles. The van der Waals surface area contributed by atoms with E-state index in [1.165, 1.54) is 12.8 Å². The van der Waals surface area contributed by atoms with Crippen molar-refractivity contribution >= 4 is 23.2 Å². The van der Waals surface area contributed by atoms with Gasteiger partial charge in [-0.2, -0.15) is 0 Å². The Morgan fingerprint density at radius 2 is 2.22 bits per heavy atom. The van der Waals surface area contributed by atoms with E-state index in [1.54, 1.807) is 12.1 Å². The summed E-state index contributed by atoms with van der Waals surface area (Å²) < 4.78 is 0. The van der Waals surface area contributed by atoms with Crippen LogP contribution >= 0.6 is 11.6 Å². The molecule has 0 bridgehead atoms. The zero-order chi connectivity index (χ0) is 13.3. The highest BCUT2D eigenvalue weighted by atomic mass is 35.5. The van der Waals surface area contributed by atoms with Gasteiger partial charge < -0.3 is 11.1 Å². The van der Waals surface area contributed by atoms with Gasteiger partial charge in [0.25, 0.3) is 0 Å². The van der Waals surface area contributed by atoms with Crippen molar-refractivity contribution in [3.8, 4) is 0 Å². The lowest BCUT2D eigenvalue weighted by Crippen LogP contribution is -2.30. The Morgan fingerprint density at radius 3 is 2.78 bits per heavy atom. The molecule has 4 heteroatoms. The summed E-state index contributed by atoms with van der Waals surface area (Å²) in [7, 11) is 0. The van der Waals surface area contributed by atoms with Gasteiger partial charge in [-0.05, 0) is 36.5 Å². The fraction of sp³-hybridized carbons (Fsp3) is 0.500. The molecule has 1 atom stereocenters. The molecule has 1 unspecified atom stereocenters. The minimum Gasteiger partial charge on any atom is -0.382 e. The van der Waals surface area contributed by atoms with Crippen molar-refractivity contribution in [2.24, 2.45) is 11.1 Å². The van der Waals surface area contributed by atoms with Crippen LogP contribution in [0.5, 0.6) is 0 Å². The van der Waals surface area contributed by atoms with Crippen LogP contribution in [0.3, 0.4) is 0 Å². The maximum absolute atomic E-state index is 11.2. The molecule has 18 heavy (non-hydrogen) atoms. The summed E-state index contributed by atoms with van der Waals surface area (Å²) in [6.07, 6.45) is 3.61. The summed E-state index contributed by atoms with van der Waals surface area (Å²) in [4.78, 5) is 11.2. The summed E-state index contributed by atoms with van der Waals surface area (Å²) >= 11 is 5.94. The molecule has 0 saturated heterocycles. The molecule has 0 heterocycles. The lowest BCUT2D eigenvalue weighted by Gasteiger charge is -2.28. The lowest BCUT2D eigenvalue weighted by molar-refractivity contribution is 0.100. The van der Waals surface area contributed by atoms with Crippen molar-refractivity contribution in [3.63, 3.8) is 0 Å². The molecule has 1 aliphatic rings. The van der Waals surface area contributed by atoms with E-state index in [0.717, 1.165) is 12.1 Å². The number of halogens is 1. The number of anilines is 1. The molecule has 1 aliphatic carbocycles. The Hall–Kier alpha value is -1.22. The van der Waals surface area contributed by atoms with Gasteiger partial charge in [-0.15, -0.1) is 0 Å². The predicted molar refractivity (Wildman–Crippen MR) is 75.0 cm³/mol. The highest BCUT2D eigenvalue weighted by Gasteiger charge is 2.34. The third kappa shape index (κ3) is 2.61. The standard InChI is InChI=1S/C14H19ClN2O/c1-14(2)7-3-4-12(14)17-9-5-6-11(15)10(8-9)13(16)18/h5-6,8,12,17H,3-4,7H2,1-2H3,(H2,16,18). The van der Waals surface area contributed by atoms with Crippen LogP contribution in [0.1, 0.15) is 43.5 Å². The smallest absolute Gasteiger partial charge is 0.250 e. The fourth-order valence-electron chi connectivity index (χ4n) is 2.60. The number of carbonyl (C=O) groups is 1. The SMILES string of the molecule is CC1(C)CCCC1Nc1ccc(Cl)c(C(N)=O)c1. The fourth-order valence-corrected chi connectivity index (χ4v) is 2.81. The molecular formula is C14H19ClN2O. The van der Waals surface area contributed by atoms with E-state index in [-0.39, 0.29) is 5.41 Å². The number of nitrogens with one attached hydrogen (secondary N) is 1. The van der Waals surface area contributed by atoms with Gasteiger partial charge in [0.15, 0.2) is 0 Å². The topological polar surface area (TPSA) is 55.1 Å². The monoisotopic (exact) mass is 266 g/mol. The molecule has 1 amide bonds. The van der Waals surface area contributed by atoms with Crippen LogP contribution in [0.25, 0.3) is 0 Å². The average Bonchev–Trinajstić information content (AvgIpc) is 2.60. The number of rotatable bonds is 3. The van der Waals surface area contributed by atoms with E-state index < -0.39 is 5.91 Å². The van der Waals surface area contributed by atoms with Crippen molar-refractivity contribution in [3.05, 3.63) is 28.8 Å². The largest absolute Gasteiger partial charge is 0.382 e. The van der Waals surface area contributed by atoms with E-state index in [0.29, 0.717) is 16.6 Å². The highest BCUT2D eigenvalue weighted by molar-refractivity contribution is 6.33. The molecule has 0 spiro atoms. The van der Waals surface area contributed by atoms with Crippen molar-refractivity contribution in [1.82, 2.24) is 0 Å². The first-order chi connectivity index (χ1) is 8.40. The zero-order valence-electron chi connectivity index (χ0n) is 10.8.